The first-order chi connectivity index (χ1) is 6.35. The van der Waals surface area contributed by atoms with Crippen LogP contribution in [0.15, 0.2) is 0 Å². The molecule has 0 aromatic heterocycles. The summed E-state index contributed by atoms with van der Waals surface area (Å²) in [7, 11) is 2.03. The zero-order valence-electron chi connectivity index (χ0n) is 11.4. The fraction of sp³-hybridized carbons (Fsp3) is 1.00. The second-order valence-electron chi connectivity index (χ2n) is 5.32. The van der Waals surface area contributed by atoms with Crippen LogP contribution in [0, 0.1) is 5.92 Å². The van der Waals surface area contributed by atoms with Crippen molar-refractivity contribution in [3.63, 3.8) is 0 Å². The maximum Gasteiger partial charge on any atom is 0.0122 e. The molecule has 1 N–H and O–H groups in total. The van der Waals surface area contributed by atoms with Crippen LogP contribution < -0.4 is 5.32 Å². The van der Waals surface area contributed by atoms with Crippen molar-refractivity contribution >= 4 is 0 Å². The quantitative estimate of drug-likeness (QED) is 0.656. The molecule has 0 atom stereocenters. The summed E-state index contributed by atoms with van der Waals surface area (Å²) in [5.74, 6) is 0.833. The topological polar surface area (TPSA) is 12.0 Å². The lowest BCUT2D eigenvalue weighted by atomic mass is 9.97. The molecule has 0 bridgehead atoms. The lowest BCUT2D eigenvalue weighted by Crippen LogP contribution is -2.35. The number of unbranched alkanes of at least 4 members (excludes halogenated alkanes) is 2. The minimum Gasteiger partial charge on any atom is -0.315 e. The van der Waals surface area contributed by atoms with E-state index in [-0.39, 0.29) is 0 Å². The third-order valence-electron chi connectivity index (χ3n) is 2.08. The molecule has 0 aromatic rings. The molecular weight excluding hydrogens is 170 g/mol. The lowest BCUT2D eigenvalue weighted by molar-refractivity contribution is 0.376. The van der Waals surface area contributed by atoms with Gasteiger partial charge in [-0.15, -0.1) is 0 Å². The number of hydrogen-bond acceptors (Lipinski definition) is 1. The van der Waals surface area contributed by atoms with Crippen LogP contribution in [0.1, 0.15) is 67.2 Å². The maximum atomic E-state index is 3.30. The zero-order valence-corrected chi connectivity index (χ0v) is 11.4. The summed E-state index contributed by atoms with van der Waals surface area (Å²) >= 11 is 0. The lowest BCUT2D eigenvalue weighted by Gasteiger charge is -2.23. The molecule has 0 radical (unpaired) electrons. The highest BCUT2D eigenvalue weighted by molar-refractivity contribution is 4.74. The first kappa shape index (κ1) is 16.4. The zero-order chi connectivity index (χ0) is 11.6. The molecule has 0 saturated carbocycles. The van der Waals surface area contributed by atoms with E-state index in [4.69, 9.17) is 0 Å². The van der Waals surface area contributed by atoms with Crippen LogP contribution in [0.3, 0.4) is 0 Å². The van der Waals surface area contributed by atoms with Crippen molar-refractivity contribution in [1.82, 2.24) is 5.32 Å². The van der Waals surface area contributed by atoms with E-state index in [1.807, 2.05) is 7.05 Å². The molecule has 0 aliphatic carbocycles. The van der Waals surface area contributed by atoms with Crippen molar-refractivity contribution in [1.29, 1.82) is 0 Å². The molecule has 0 rings (SSSR count). The van der Waals surface area contributed by atoms with Gasteiger partial charge in [-0.3, -0.25) is 0 Å². The van der Waals surface area contributed by atoms with Crippen LogP contribution in [-0.2, 0) is 0 Å². The third-order valence-corrected chi connectivity index (χ3v) is 2.08. The van der Waals surface area contributed by atoms with Gasteiger partial charge >= 0.3 is 0 Å². The van der Waals surface area contributed by atoms with Gasteiger partial charge in [-0.2, -0.15) is 0 Å². The number of hydrogen-bond donors (Lipinski definition) is 1. The summed E-state index contributed by atoms with van der Waals surface area (Å²) < 4.78 is 0. The predicted molar refractivity (Wildman–Crippen MR) is 67.8 cm³/mol. The van der Waals surface area contributed by atoms with Crippen LogP contribution in [0.5, 0.6) is 0 Å². The second kappa shape index (κ2) is 9.51. The van der Waals surface area contributed by atoms with Crippen LogP contribution in [0.4, 0.5) is 0 Å². The second-order valence-corrected chi connectivity index (χ2v) is 5.32. The van der Waals surface area contributed by atoms with Gasteiger partial charge in [-0.05, 0) is 33.2 Å². The SMILES string of the molecule is CC(C)C.CCCCCC(C)(C)NC. The van der Waals surface area contributed by atoms with Gasteiger partial charge in [0.25, 0.3) is 0 Å². The van der Waals surface area contributed by atoms with Gasteiger partial charge in [0, 0.05) is 5.54 Å². The molecule has 0 saturated heterocycles. The summed E-state index contributed by atoms with van der Waals surface area (Å²) in [5, 5.41) is 3.30. The van der Waals surface area contributed by atoms with E-state index in [2.05, 4.69) is 46.9 Å². The Balaban J connectivity index is 0. The maximum absolute atomic E-state index is 3.30. The highest BCUT2D eigenvalue weighted by atomic mass is 14.9. The molecular formula is C13H31N. The molecule has 1 heteroatoms. The summed E-state index contributed by atoms with van der Waals surface area (Å²) in [6.07, 6.45) is 5.33. The summed E-state index contributed by atoms with van der Waals surface area (Å²) in [6.45, 7) is 13.2. The summed E-state index contributed by atoms with van der Waals surface area (Å²) in [6, 6.07) is 0. The summed E-state index contributed by atoms with van der Waals surface area (Å²) in [4.78, 5) is 0. The van der Waals surface area contributed by atoms with Crippen molar-refractivity contribution in [2.75, 3.05) is 7.05 Å². The van der Waals surface area contributed by atoms with E-state index < -0.39 is 0 Å². The molecule has 0 amide bonds. The van der Waals surface area contributed by atoms with Crippen LogP contribution in [0.2, 0.25) is 0 Å². The highest BCUT2D eigenvalue weighted by Gasteiger charge is 2.12. The Morgan fingerprint density at radius 1 is 1.07 bits per heavy atom. The molecule has 1 nitrogen and oxygen atoms in total. The molecule has 14 heavy (non-hydrogen) atoms. The number of nitrogens with one attached hydrogen (secondary N) is 1. The molecule has 0 aliphatic rings. The Kier molecular flexibility index (Phi) is 11.1. The molecule has 0 spiro atoms. The van der Waals surface area contributed by atoms with E-state index in [1.165, 1.54) is 25.7 Å². The minimum absolute atomic E-state index is 0.342. The van der Waals surface area contributed by atoms with Gasteiger partial charge in [-0.25, -0.2) is 0 Å². The Hall–Kier alpha value is -0.0400. The van der Waals surface area contributed by atoms with Crippen molar-refractivity contribution in [3.05, 3.63) is 0 Å². The Labute approximate surface area is 91.7 Å². The van der Waals surface area contributed by atoms with Crippen LogP contribution in [0.25, 0.3) is 0 Å². The molecule has 0 fully saturated rings. The Morgan fingerprint density at radius 3 is 1.79 bits per heavy atom. The van der Waals surface area contributed by atoms with Gasteiger partial charge in [0.05, 0.1) is 0 Å². The Bertz CT molecular complexity index is 103. The average Bonchev–Trinajstić information content (AvgIpc) is 2.04. The van der Waals surface area contributed by atoms with Crippen molar-refractivity contribution in [2.24, 2.45) is 5.92 Å². The van der Waals surface area contributed by atoms with E-state index in [1.54, 1.807) is 0 Å². The first-order valence-corrected chi connectivity index (χ1v) is 6.04. The standard InChI is InChI=1S/C9H21N.C4H10/c1-5-6-7-8-9(2,3)10-4;1-4(2)3/h10H,5-8H2,1-4H3;4H,1-3H3. The van der Waals surface area contributed by atoms with Crippen LogP contribution in [-0.4, -0.2) is 12.6 Å². The van der Waals surface area contributed by atoms with Gasteiger partial charge in [0.1, 0.15) is 0 Å². The predicted octanol–water partition coefficient (Wildman–Crippen LogP) is 4.23. The molecule has 0 heterocycles. The summed E-state index contributed by atoms with van der Waals surface area (Å²) in [5.41, 5.74) is 0.342. The normalized spacial score (nSPS) is 11.1. The fourth-order valence-corrected chi connectivity index (χ4v) is 0.942. The highest BCUT2D eigenvalue weighted by Crippen LogP contribution is 2.12. The van der Waals surface area contributed by atoms with Crippen molar-refractivity contribution < 1.29 is 0 Å². The van der Waals surface area contributed by atoms with Crippen LogP contribution >= 0.6 is 0 Å². The monoisotopic (exact) mass is 201 g/mol. The first-order valence-electron chi connectivity index (χ1n) is 6.04. The van der Waals surface area contributed by atoms with Gasteiger partial charge in [0.15, 0.2) is 0 Å². The molecule has 0 aliphatic heterocycles. The Morgan fingerprint density at radius 2 is 1.50 bits per heavy atom. The van der Waals surface area contributed by atoms with Crippen molar-refractivity contribution in [3.8, 4) is 0 Å². The third kappa shape index (κ3) is 17.9. The van der Waals surface area contributed by atoms with E-state index >= 15 is 0 Å². The molecule has 88 valence electrons. The average molecular weight is 201 g/mol. The fourth-order valence-electron chi connectivity index (χ4n) is 0.942. The van der Waals surface area contributed by atoms with Gasteiger partial charge < -0.3 is 5.32 Å². The van der Waals surface area contributed by atoms with E-state index in [9.17, 15) is 0 Å². The number of rotatable bonds is 5. The minimum atomic E-state index is 0.342. The van der Waals surface area contributed by atoms with Gasteiger partial charge in [-0.1, -0.05) is 47.0 Å². The smallest absolute Gasteiger partial charge is 0.0122 e. The molecule has 0 aromatic carbocycles. The van der Waals surface area contributed by atoms with Gasteiger partial charge in [0.2, 0.25) is 0 Å². The van der Waals surface area contributed by atoms with Crippen molar-refractivity contribution in [2.45, 2.75) is 72.8 Å². The van der Waals surface area contributed by atoms with E-state index in [0.29, 0.717) is 5.54 Å². The molecule has 0 unspecified atom stereocenters. The van der Waals surface area contributed by atoms with E-state index in [0.717, 1.165) is 5.92 Å². The largest absolute Gasteiger partial charge is 0.315 e.